The summed E-state index contributed by atoms with van der Waals surface area (Å²) in [6.45, 7) is 9.00. The highest BCUT2D eigenvalue weighted by atomic mass is 16.5. The molecule has 2 saturated heterocycles. The predicted molar refractivity (Wildman–Crippen MR) is 121 cm³/mol. The van der Waals surface area contributed by atoms with Crippen molar-refractivity contribution in [2.45, 2.75) is 38.9 Å². The van der Waals surface area contributed by atoms with Gasteiger partial charge in [-0.05, 0) is 56.4 Å². The molecule has 2 fully saturated rings. The third kappa shape index (κ3) is 6.14. The van der Waals surface area contributed by atoms with E-state index in [4.69, 9.17) is 18.9 Å². The molecule has 0 aromatic heterocycles. The van der Waals surface area contributed by atoms with Crippen LogP contribution < -0.4 is 14.2 Å². The van der Waals surface area contributed by atoms with Crippen LogP contribution in [-0.4, -0.2) is 82.0 Å². The van der Waals surface area contributed by atoms with Gasteiger partial charge in [-0.15, -0.1) is 0 Å². The summed E-state index contributed by atoms with van der Waals surface area (Å²) in [5.41, 5.74) is 0.827. The molecule has 2 aliphatic rings. The van der Waals surface area contributed by atoms with E-state index >= 15 is 0 Å². The lowest BCUT2D eigenvalue weighted by Crippen LogP contribution is -2.48. The van der Waals surface area contributed by atoms with Gasteiger partial charge >= 0.3 is 0 Å². The molecule has 0 N–H and O–H groups in total. The van der Waals surface area contributed by atoms with E-state index in [0.717, 1.165) is 51.1 Å². The number of benzene rings is 1. The minimum absolute atomic E-state index is 0.0424. The van der Waals surface area contributed by atoms with Crippen molar-refractivity contribution in [1.29, 1.82) is 0 Å². The molecule has 0 bridgehead atoms. The fourth-order valence-electron chi connectivity index (χ4n) is 4.61. The summed E-state index contributed by atoms with van der Waals surface area (Å²) in [6.07, 6.45) is 6.12. The van der Waals surface area contributed by atoms with Crippen molar-refractivity contribution in [2.24, 2.45) is 5.92 Å². The lowest BCUT2D eigenvalue weighted by atomic mass is 9.95. The fraction of sp³-hybridized carbons (Fsp3) is 0.625. The van der Waals surface area contributed by atoms with E-state index in [1.54, 1.807) is 33.5 Å². The molecular formula is C24H36N2O5. The summed E-state index contributed by atoms with van der Waals surface area (Å²) in [5, 5.41) is 0. The number of carbonyl (C=O) groups excluding carboxylic acids is 1. The number of nitrogens with zero attached hydrogens (tertiary/aromatic N) is 2. The SMILES string of the molecule is COc1cc(/C=C/C(=O)N2CCC(CN3CC(C)OC(C)C3)CC2)cc(OC)c1OC. The number of hydrogen-bond donors (Lipinski definition) is 0. The average Bonchev–Trinajstić information content (AvgIpc) is 2.76. The zero-order chi connectivity index (χ0) is 22.4. The maximum Gasteiger partial charge on any atom is 0.246 e. The molecule has 0 saturated carbocycles. The Balaban J connectivity index is 1.53. The molecule has 3 rings (SSSR count). The molecule has 0 radical (unpaired) electrons. The number of methoxy groups -OCH3 is 3. The fourth-order valence-corrected chi connectivity index (χ4v) is 4.61. The van der Waals surface area contributed by atoms with Crippen molar-refractivity contribution >= 4 is 12.0 Å². The topological polar surface area (TPSA) is 60.5 Å². The van der Waals surface area contributed by atoms with Crippen LogP contribution in [0.3, 0.4) is 0 Å². The second kappa shape index (κ2) is 10.9. The van der Waals surface area contributed by atoms with Gasteiger partial charge in [0.15, 0.2) is 11.5 Å². The van der Waals surface area contributed by atoms with Gasteiger partial charge in [0.1, 0.15) is 0 Å². The van der Waals surface area contributed by atoms with Crippen molar-refractivity contribution < 1.29 is 23.7 Å². The van der Waals surface area contributed by atoms with E-state index < -0.39 is 0 Å². The number of likely N-dealkylation sites (tertiary alicyclic amines) is 1. The Morgan fingerprint density at radius 3 is 2.13 bits per heavy atom. The maximum atomic E-state index is 12.7. The summed E-state index contributed by atoms with van der Waals surface area (Å²) >= 11 is 0. The number of piperidine rings is 1. The highest BCUT2D eigenvalue weighted by molar-refractivity contribution is 5.92. The van der Waals surface area contributed by atoms with Crippen LogP contribution in [0.25, 0.3) is 6.08 Å². The van der Waals surface area contributed by atoms with E-state index in [1.165, 1.54) is 0 Å². The molecule has 7 heteroatoms. The largest absolute Gasteiger partial charge is 0.493 e. The van der Waals surface area contributed by atoms with Crippen molar-refractivity contribution in [3.05, 3.63) is 23.8 Å². The molecular weight excluding hydrogens is 396 g/mol. The minimum Gasteiger partial charge on any atom is -0.493 e. The monoisotopic (exact) mass is 432 g/mol. The molecule has 172 valence electrons. The smallest absolute Gasteiger partial charge is 0.246 e. The Hall–Kier alpha value is -2.25. The lowest BCUT2D eigenvalue weighted by Gasteiger charge is -2.39. The van der Waals surface area contributed by atoms with Gasteiger partial charge in [-0.25, -0.2) is 0 Å². The third-order valence-corrected chi connectivity index (χ3v) is 6.04. The van der Waals surface area contributed by atoms with Crippen LogP contribution in [0.5, 0.6) is 17.2 Å². The van der Waals surface area contributed by atoms with Crippen LogP contribution in [0, 0.1) is 5.92 Å². The first-order chi connectivity index (χ1) is 14.9. The van der Waals surface area contributed by atoms with Crippen LogP contribution in [0.15, 0.2) is 18.2 Å². The van der Waals surface area contributed by atoms with E-state index in [0.29, 0.717) is 35.4 Å². The van der Waals surface area contributed by atoms with Gasteiger partial charge < -0.3 is 23.8 Å². The van der Waals surface area contributed by atoms with Crippen molar-refractivity contribution in [3.8, 4) is 17.2 Å². The van der Waals surface area contributed by atoms with E-state index in [2.05, 4.69) is 18.7 Å². The number of rotatable bonds is 7. The maximum absolute atomic E-state index is 12.7. The highest BCUT2D eigenvalue weighted by Crippen LogP contribution is 2.38. The Morgan fingerprint density at radius 1 is 1.03 bits per heavy atom. The molecule has 1 amide bonds. The Kier molecular flexibility index (Phi) is 8.21. The summed E-state index contributed by atoms with van der Waals surface area (Å²) in [5.74, 6) is 2.36. The van der Waals surface area contributed by atoms with Crippen LogP contribution >= 0.6 is 0 Å². The summed E-state index contributed by atoms with van der Waals surface area (Å²) in [6, 6.07) is 3.67. The van der Waals surface area contributed by atoms with E-state index in [-0.39, 0.29) is 5.91 Å². The standard InChI is InChI=1S/C24H36N2O5/c1-17-14-25(15-18(2)31-17)16-19-8-10-26(11-9-19)23(27)7-6-20-12-21(28-3)24(30-5)22(13-20)29-4/h6-7,12-13,17-19H,8-11,14-16H2,1-5H3/b7-6+. The van der Waals surface area contributed by atoms with Gasteiger partial charge in [-0.2, -0.15) is 0 Å². The molecule has 1 aromatic rings. The minimum atomic E-state index is 0.0424. The quantitative estimate of drug-likeness (QED) is 0.617. The second-order valence-corrected chi connectivity index (χ2v) is 8.54. The number of carbonyl (C=O) groups is 1. The molecule has 0 spiro atoms. The Labute approximate surface area is 185 Å². The van der Waals surface area contributed by atoms with Crippen molar-refractivity contribution in [3.63, 3.8) is 0 Å². The number of ether oxygens (including phenoxy) is 4. The van der Waals surface area contributed by atoms with E-state index in [1.807, 2.05) is 17.0 Å². The molecule has 1 aromatic carbocycles. The zero-order valence-corrected chi connectivity index (χ0v) is 19.4. The normalized spacial score (nSPS) is 23.2. The first-order valence-electron chi connectivity index (χ1n) is 11.1. The number of morpholine rings is 1. The number of hydrogen-bond acceptors (Lipinski definition) is 6. The molecule has 0 aliphatic carbocycles. The van der Waals surface area contributed by atoms with Gasteiger partial charge in [-0.3, -0.25) is 9.69 Å². The highest BCUT2D eigenvalue weighted by Gasteiger charge is 2.27. The van der Waals surface area contributed by atoms with Crippen LogP contribution in [0.4, 0.5) is 0 Å². The second-order valence-electron chi connectivity index (χ2n) is 8.54. The van der Waals surface area contributed by atoms with Gasteiger partial charge in [-0.1, -0.05) is 0 Å². The lowest BCUT2D eigenvalue weighted by molar-refractivity contribution is -0.127. The van der Waals surface area contributed by atoms with Crippen LogP contribution in [0.1, 0.15) is 32.3 Å². The summed E-state index contributed by atoms with van der Waals surface area (Å²) < 4.78 is 22.0. The average molecular weight is 433 g/mol. The molecule has 2 heterocycles. The summed E-state index contributed by atoms with van der Waals surface area (Å²) in [4.78, 5) is 17.2. The third-order valence-electron chi connectivity index (χ3n) is 6.04. The predicted octanol–water partition coefficient (Wildman–Crippen LogP) is 3.07. The van der Waals surface area contributed by atoms with E-state index in [9.17, 15) is 4.79 Å². The Morgan fingerprint density at radius 2 is 1.61 bits per heavy atom. The molecule has 2 atom stereocenters. The molecule has 31 heavy (non-hydrogen) atoms. The van der Waals surface area contributed by atoms with Crippen molar-refractivity contribution in [1.82, 2.24) is 9.80 Å². The summed E-state index contributed by atoms with van der Waals surface area (Å²) in [7, 11) is 4.74. The van der Waals surface area contributed by atoms with Crippen LogP contribution in [-0.2, 0) is 9.53 Å². The van der Waals surface area contributed by atoms with Crippen molar-refractivity contribution in [2.75, 3.05) is 54.1 Å². The van der Waals surface area contributed by atoms with Gasteiger partial charge in [0, 0.05) is 38.8 Å². The first-order valence-corrected chi connectivity index (χ1v) is 11.1. The van der Waals surface area contributed by atoms with Crippen LogP contribution in [0.2, 0.25) is 0 Å². The molecule has 2 aliphatic heterocycles. The van der Waals surface area contributed by atoms with Gasteiger partial charge in [0.25, 0.3) is 0 Å². The van der Waals surface area contributed by atoms with Gasteiger partial charge in [0.05, 0.1) is 33.5 Å². The first kappa shape index (κ1) is 23.4. The van der Waals surface area contributed by atoms with Gasteiger partial charge in [0.2, 0.25) is 11.7 Å². The Bertz CT molecular complexity index is 738. The number of amides is 1. The zero-order valence-electron chi connectivity index (χ0n) is 19.4. The molecule has 7 nitrogen and oxygen atoms in total. The molecule has 2 unspecified atom stereocenters.